The van der Waals surface area contributed by atoms with Crippen LogP contribution in [0.15, 0.2) is 12.1 Å². The molecule has 0 saturated carbocycles. The molecule has 1 atom stereocenters. The molecule has 1 unspecified atom stereocenters. The number of halogens is 2. The molecular weight excluding hydrogens is 250 g/mol. The maximum Gasteiger partial charge on any atom is 0.226 e. The van der Waals surface area contributed by atoms with E-state index in [1.54, 1.807) is 0 Å². The van der Waals surface area contributed by atoms with Crippen molar-refractivity contribution in [2.75, 3.05) is 5.32 Å². The monoisotopic (exact) mass is 270 g/mol. The number of anilines is 1. The summed E-state index contributed by atoms with van der Waals surface area (Å²) in [6.07, 6.45) is 0.0540. The predicted octanol–water partition coefficient (Wildman–Crippen LogP) is 2.98. The molecule has 0 aliphatic heterocycles. The van der Waals surface area contributed by atoms with Crippen molar-refractivity contribution in [3.63, 3.8) is 0 Å². The zero-order valence-electron chi connectivity index (χ0n) is 11.7. The zero-order valence-corrected chi connectivity index (χ0v) is 11.7. The minimum atomic E-state index is -0.656. The van der Waals surface area contributed by atoms with Crippen LogP contribution < -0.4 is 11.1 Å². The second-order valence-corrected chi connectivity index (χ2v) is 5.81. The fourth-order valence-corrected chi connectivity index (χ4v) is 1.45. The molecule has 5 heteroatoms. The number of benzene rings is 1. The third-order valence-electron chi connectivity index (χ3n) is 3.04. The quantitative estimate of drug-likeness (QED) is 0.887. The van der Waals surface area contributed by atoms with Crippen LogP contribution in [0, 0.1) is 24.0 Å². The fraction of sp³-hybridized carbons (Fsp3) is 0.500. The summed E-state index contributed by atoms with van der Waals surface area (Å²) < 4.78 is 26.9. The molecule has 3 N–H and O–H groups in total. The van der Waals surface area contributed by atoms with Gasteiger partial charge in [-0.25, -0.2) is 8.78 Å². The van der Waals surface area contributed by atoms with Crippen LogP contribution in [0.1, 0.15) is 32.8 Å². The Morgan fingerprint density at radius 1 is 1.32 bits per heavy atom. The Hall–Kier alpha value is -1.49. The summed E-state index contributed by atoms with van der Waals surface area (Å²) >= 11 is 0. The number of hydrogen-bond acceptors (Lipinski definition) is 2. The number of amides is 1. The molecule has 19 heavy (non-hydrogen) atoms. The summed E-state index contributed by atoms with van der Waals surface area (Å²) in [6, 6.07) is 1.67. The van der Waals surface area contributed by atoms with E-state index in [2.05, 4.69) is 5.32 Å². The predicted molar refractivity (Wildman–Crippen MR) is 71.8 cm³/mol. The van der Waals surface area contributed by atoms with E-state index in [1.165, 1.54) is 6.92 Å². The summed E-state index contributed by atoms with van der Waals surface area (Å²) in [5.41, 5.74) is 5.68. The molecule has 0 fully saturated rings. The maximum atomic E-state index is 13.5. The summed E-state index contributed by atoms with van der Waals surface area (Å²) in [5, 5.41) is 2.35. The van der Waals surface area contributed by atoms with Gasteiger partial charge in [-0.1, -0.05) is 20.8 Å². The molecule has 0 aromatic heterocycles. The van der Waals surface area contributed by atoms with E-state index in [-0.39, 0.29) is 29.1 Å². The first-order valence-electron chi connectivity index (χ1n) is 6.12. The van der Waals surface area contributed by atoms with Gasteiger partial charge in [-0.3, -0.25) is 4.79 Å². The van der Waals surface area contributed by atoms with Crippen LogP contribution in [0.2, 0.25) is 0 Å². The fourth-order valence-electron chi connectivity index (χ4n) is 1.45. The summed E-state index contributed by atoms with van der Waals surface area (Å²) in [6.45, 7) is 7.20. The third-order valence-corrected chi connectivity index (χ3v) is 3.04. The van der Waals surface area contributed by atoms with Crippen molar-refractivity contribution in [1.29, 1.82) is 0 Å². The van der Waals surface area contributed by atoms with Crippen LogP contribution in [0.25, 0.3) is 0 Å². The van der Waals surface area contributed by atoms with Crippen molar-refractivity contribution in [1.82, 2.24) is 0 Å². The zero-order chi connectivity index (χ0) is 14.8. The highest BCUT2D eigenvalue weighted by atomic mass is 19.1. The van der Waals surface area contributed by atoms with E-state index in [9.17, 15) is 13.6 Å². The van der Waals surface area contributed by atoms with Gasteiger partial charge in [0.15, 0.2) is 0 Å². The van der Waals surface area contributed by atoms with Crippen LogP contribution in [0.3, 0.4) is 0 Å². The van der Waals surface area contributed by atoms with Crippen molar-refractivity contribution in [3.05, 3.63) is 29.3 Å². The molecule has 0 spiro atoms. The van der Waals surface area contributed by atoms with E-state index in [1.807, 2.05) is 20.8 Å². The number of nitrogens with one attached hydrogen (secondary N) is 1. The number of carbonyl (C=O) groups is 1. The van der Waals surface area contributed by atoms with Gasteiger partial charge in [0.25, 0.3) is 0 Å². The minimum Gasteiger partial charge on any atom is -0.327 e. The molecule has 1 amide bonds. The smallest absolute Gasteiger partial charge is 0.226 e. The van der Waals surface area contributed by atoms with Gasteiger partial charge in [-0.15, -0.1) is 0 Å². The number of nitrogens with two attached hydrogens (primary N) is 1. The number of carbonyl (C=O) groups excluding carboxylic acids is 1. The molecule has 106 valence electrons. The third kappa shape index (κ3) is 4.28. The molecule has 0 heterocycles. The van der Waals surface area contributed by atoms with Crippen LogP contribution in [0.5, 0.6) is 0 Å². The van der Waals surface area contributed by atoms with Gasteiger partial charge < -0.3 is 11.1 Å². The topological polar surface area (TPSA) is 55.1 Å². The van der Waals surface area contributed by atoms with Crippen molar-refractivity contribution in [3.8, 4) is 0 Å². The van der Waals surface area contributed by atoms with E-state index < -0.39 is 17.5 Å². The molecule has 1 aromatic carbocycles. The normalized spacial score (nSPS) is 13.2. The lowest BCUT2D eigenvalue weighted by molar-refractivity contribution is -0.117. The van der Waals surface area contributed by atoms with Crippen molar-refractivity contribution in [2.24, 2.45) is 11.1 Å². The van der Waals surface area contributed by atoms with Crippen molar-refractivity contribution in [2.45, 2.75) is 40.2 Å². The second kappa shape index (κ2) is 5.65. The van der Waals surface area contributed by atoms with Gasteiger partial charge in [0.05, 0.1) is 5.69 Å². The Morgan fingerprint density at radius 3 is 2.42 bits per heavy atom. The molecule has 0 radical (unpaired) electrons. The Bertz CT molecular complexity index is 481. The molecule has 1 rings (SSSR count). The molecule has 0 aliphatic carbocycles. The molecular formula is C14H20F2N2O. The summed E-state index contributed by atoms with van der Waals surface area (Å²) in [7, 11) is 0. The standard InChI is InChI=1S/C14H20F2N2O/c1-8-5-10(16)11(6-9(8)15)18-13(19)7-12(17)14(2,3)4/h5-6,12H,7,17H2,1-4H3,(H,18,19). The Labute approximate surface area is 112 Å². The SMILES string of the molecule is Cc1cc(F)c(NC(=O)CC(N)C(C)(C)C)cc1F. The van der Waals surface area contributed by atoms with Gasteiger partial charge >= 0.3 is 0 Å². The highest BCUT2D eigenvalue weighted by Gasteiger charge is 2.23. The van der Waals surface area contributed by atoms with Gasteiger partial charge in [0.2, 0.25) is 5.91 Å². The number of rotatable bonds is 3. The van der Waals surface area contributed by atoms with Gasteiger partial charge in [-0.2, -0.15) is 0 Å². The largest absolute Gasteiger partial charge is 0.327 e. The molecule has 3 nitrogen and oxygen atoms in total. The lowest BCUT2D eigenvalue weighted by atomic mass is 9.85. The van der Waals surface area contributed by atoms with Gasteiger partial charge in [-0.05, 0) is 24.0 Å². The van der Waals surface area contributed by atoms with Crippen molar-refractivity contribution < 1.29 is 13.6 Å². The van der Waals surface area contributed by atoms with Crippen LogP contribution in [-0.2, 0) is 4.79 Å². The minimum absolute atomic E-state index is 0.0540. The van der Waals surface area contributed by atoms with Crippen LogP contribution in [0.4, 0.5) is 14.5 Å². The first-order chi connectivity index (χ1) is 8.61. The Balaban J connectivity index is 2.76. The van der Waals surface area contributed by atoms with Gasteiger partial charge in [0.1, 0.15) is 11.6 Å². The van der Waals surface area contributed by atoms with Crippen LogP contribution in [-0.4, -0.2) is 11.9 Å². The van der Waals surface area contributed by atoms with Crippen LogP contribution >= 0.6 is 0 Å². The highest BCUT2D eigenvalue weighted by molar-refractivity contribution is 5.91. The number of hydrogen-bond donors (Lipinski definition) is 2. The van der Waals surface area contributed by atoms with Gasteiger partial charge in [0, 0.05) is 18.5 Å². The van der Waals surface area contributed by atoms with E-state index in [4.69, 9.17) is 5.73 Å². The average molecular weight is 270 g/mol. The van der Waals surface area contributed by atoms with Crippen molar-refractivity contribution >= 4 is 11.6 Å². The molecule has 0 aliphatic rings. The second-order valence-electron chi connectivity index (χ2n) is 5.81. The first kappa shape index (κ1) is 15.6. The maximum absolute atomic E-state index is 13.5. The van der Waals surface area contributed by atoms with E-state index in [0.29, 0.717) is 0 Å². The number of aryl methyl sites for hydroxylation is 1. The Kier molecular flexibility index (Phi) is 4.63. The molecule has 0 bridgehead atoms. The lowest BCUT2D eigenvalue weighted by Crippen LogP contribution is -2.38. The average Bonchev–Trinajstić information content (AvgIpc) is 2.24. The summed E-state index contributed by atoms with van der Waals surface area (Å²) in [5.74, 6) is -1.64. The van der Waals surface area contributed by atoms with E-state index >= 15 is 0 Å². The Morgan fingerprint density at radius 2 is 1.89 bits per heavy atom. The molecule has 0 saturated heterocycles. The summed E-state index contributed by atoms with van der Waals surface area (Å²) in [4.78, 5) is 11.7. The highest BCUT2D eigenvalue weighted by Crippen LogP contribution is 2.22. The molecule has 1 aromatic rings. The first-order valence-corrected chi connectivity index (χ1v) is 6.12. The lowest BCUT2D eigenvalue weighted by Gasteiger charge is -2.26. The van der Waals surface area contributed by atoms with E-state index in [0.717, 1.165) is 12.1 Å².